The van der Waals surface area contributed by atoms with Gasteiger partial charge in [-0.25, -0.2) is 14.4 Å². The number of carboxylic acid groups (broad SMARTS) is 2. The van der Waals surface area contributed by atoms with Crippen molar-refractivity contribution >= 4 is 17.9 Å². The molecule has 0 rings (SSSR count). The summed E-state index contributed by atoms with van der Waals surface area (Å²) < 4.78 is 4.97. The molecule has 0 aromatic rings. The number of aliphatic carboxylic acids is 2. The van der Waals surface area contributed by atoms with Crippen LogP contribution in [0.3, 0.4) is 0 Å². The lowest BCUT2D eigenvalue weighted by atomic mass is 10.1. The number of aliphatic hydroxyl groups is 2. The number of hydrogen-bond acceptors (Lipinski definition) is 6. The number of ether oxygens (including phenoxy) is 1. The second-order valence-electron chi connectivity index (χ2n) is 6.30. The normalized spacial score (nSPS) is 8.60. The summed E-state index contributed by atoms with van der Waals surface area (Å²) in [6, 6.07) is 0. The highest BCUT2D eigenvalue weighted by Gasteiger charge is 2.01. The van der Waals surface area contributed by atoms with E-state index < -0.39 is 11.9 Å². The number of rotatable bonds is 11. The molecule has 0 aromatic carbocycles. The summed E-state index contributed by atoms with van der Waals surface area (Å²) >= 11 is 0. The lowest BCUT2D eigenvalue weighted by Crippen LogP contribution is -2.05. The molecule has 4 N–H and O–H groups in total. The van der Waals surface area contributed by atoms with Gasteiger partial charge in [0.1, 0.15) is 0 Å². The molecule has 0 amide bonds. The number of esters is 1. The molecule has 0 heterocycles. The number of aliphatic hydroxyl groups excluding tert-OH is 2. The molecular formula is C22H40O8. The van der Waals surface area contributed by atoms with Crippen molar-refractivity contribution in [2.75, 3.05) is 19.8 Å². The van der Waals surface area contributed by atoms with Gasteiger partial charge in [0.25, 0.3) is 0 Å². The van der Waals surface area contributed by atoms with E-state index in [0.717, 1.165) is 12.8 Å². The third-order valence-electron chi connectivity index (χ3n) is 2.91. The van der Waals surface area contributed by atoms with Crippen LogP contribution in [0.1, 0.15) is 66.2 Å². The van der Waals surface area contributed by atoms with Crippen molar-refractivity contribution in [3.8, 4) is 0 Å². The molecule has 30 heavy (non-hydrogen) atoms. The second-order valence-corrected chi connectivity index (χ2v) is 6.30. The number of carbonyl (C=O) groups is 3. The fraction of sp³-hybridized carbons (Fsp3) is 0.591. The molecule has 0 fully saturated rings. The fourth-order valence-corrected chi connectivity index (χ4v) is 1.17. The van der Waals surface area contributed by atoms with Crippen molar-refractivity contribution in [3.63, 3.8) is 0 Å². The topological polar surface area (TPSA) is 141 Å². The van der Waals surface area contributed by atoms with E-state index >= 15 is 0 Å². The second kappa shape index (κ2) is 26.6. The third kappa shape index (κ3) is 40.3. The van der Waals surface area contributed by atoms with Crippen molar-refractivity contribution in [2.45, 2.75) is 66.2 Å². The van der Waals surface area contributed by atoms with E-state index in [1.807, 2.05) is 0 Å². The summed E-state index contributed by atoms with van der Waals surface area (Å²) in [5, 5.41) is 31.0. The predicted molar refractivity (Wildman–Crippen MR) is 118 cm³/mol. The van der Waals surface area contributed by atoms with Gasteiger partial charge in [-0.1, -0.05) is 58.8 Å². The van der Waals surface area contributed by atoms with E-state index in [9.17, 15) is 14.4 Å². The van der Waals surface area contributed by atoms with Gasteiger partial charge in [-0.2, -0.15) is 0 Å². The van der Waals surface area contributed by atoms with E-state index in [0.29, 0.717) is 12.2 Å². The molecule has 0 atom stereocenters. The molecule has 0 aliphatic carbocycles. The Labute approximate surface area is 180 Å². The van der Waals surface area contributed by atoms with E-state index in [1.54, 1.807) is 6.92 Å². The first-order chi connectivity index (χ1) is 13.9. The SMILES string of the molecule is C=C(C)C(=O)O.C=C(C)C(=O)O.C=C(C)C(=O)OCCCCCCCC.OCCO. The fourth-order valence-electron chi connectivity index (χ4n) is 1.17. The first-order valence-corrected chi connectivity index (χ1v) is 9.70. The molecule has 0 saturated carbocycles. The highest BCUT2D eigenvalue weighted by Crippen LogP contribution is 2.05. The van der Waals surface area contributed by atoms with Crippen molar-refractivity contribution in [2.24, 2.45) is 0 Å². The van der Waals surface area contributed by atoms with Crippen LogP contribution in [0.2, 0.25) is 0 Å². The minimum atomic E-state index is -0.935. The van der Waals surface area contributed by atoms with Crippen LogP contribution in [0.15, 0.2) is 36.5 Å². The molecule has 0 spiro atoms. The van der Waals surface area contributed by atoms with Crippen LogP contribution in [-0.2, 0) is 19.1 Å². The zero-order chi connectivity index (χ0) is 24.5. The summed E-state index contributed by atoms with van der Waals surface area (Å²) in [6.07, 6.45) is 7.26. The highest BCUT2D eigenvalue weighted by molar-refractivity contribution is 5.87. The smallest absolute Gasteiger partial charge is 0.333 e. The van der Waals surface area contributed by atoms with E-state index in [2.05, 4.69) is 26.7 Å². The van der Waals surface area contributed by atoms with Crippen LogP contribution in [0.4, 0.5) is 0 Å². The van der Waals surface area contributed by atoms with Gasteiger partial charge in [0.2, 0.25) is 0 Å². The van der Waals surface area contributed by atoms with Crippen LogP contribution in [0.25, 0.3) is 0 Å². The molecule has 0 aliphatic rings. The van der Waals surface area contributed by atoms with Crippen LogP contribution in [0, 0.1) is 0 Å². The lowest BCUT2D eigenvalue weighted by Gasteiger charge is -2.03. The Kier molecular flexibility index (Phi) is 31.0. The zero-order valence-electron chi connectivity index (χ0n) is 18.9. The molecular weight excluding hydrogens is 392 g/mol. The Bertz CT molecular complexity index is 459. The average molecular weight is 433 g/mol. The minimum absolute atomic E-state index is 0.125. The first kappa shape index (κ1) is 35.0. The van der Waals surface area contributed by atoms with Crippen molar-refractivity contribution in [1.82, 2.24) is 0 Å². The molecule has 0 bridgehead atoms. The Balaban J connectivity index is -0.000000175. The Morgan fingerprint density at radius 1 is 0.700 bits per heavy atom. The maximum Gasteiger partial charge on any atom is 0.333 e. The summed E-state index contributed by atoms with van der Waals surface area (Å²) in [5.41, 5.74) is 0.834. The molecule has 0 unspecified atom stereocenters. The highest BCUT2D eigenvalue weighted by atomic mass is 16.5. The summed E-state index contributed by atoms with van der Waals surface area (Å²) in [6.45, 7) is 16.9. The number of carbonyl (C=O) groups excluding carboxylic acids is 1. The predicted octanol–water partition coefficient (Wildman–Crippen LogP) is 3.73. The molecule has 0 aromatic heterocycles. The summed E-state index contributed by atoms with van der Waals surface area (Å²) in [5.74, 6) is -2.14. The maximum atomic E-state index is 11.0. The molecule has 8 nitrogen and oxygen atoms in total. The van der Waals surface area contributed by atoms with E-state index in [-0.39, 0.29) is 30.3 Å². The van der Waals surface area contributed by atoms with Gasteiger partial charge in [0.05, 0.1) is 19.8 Å². The van der Waals surface area contributed by atoms with Crippen molar-refractivity contribution < 1.29 is 39.5 Å². The molecule has 0 saturated heterocycles. The van der Waals surface area contributed by atoms with Gasteiger partial charge in [-0.15, -0.1) is 0 Å². The monoisotopic (exact) mass is 432 g/mol. The Hall–Kier alpha value is -2.45. The van der Waals surface area contributed by atoms with Gasteiger partial charge in [0.15, 0.2) is 0 Å². The zero-order valence-corrected chi connectivity index (χ0v) is 18.9. The largest absolute Gasteiger partial charge is 0.478 e. The van der Waals surface area contributed by atoms with Gasteiger partial charge < -0.3 is 25.2 Å². The Morgan fingerprint density at radius 3 is 1.30 bits per heavy atom. The molecule has 8 heteroatoms. The summed E-state index contributed by atoms with van der Waals surface area (Å²) in [4.78, 5) is 30.2. The summed E-state index contributed by atoms with van der Waals surface area (Å²) in [7, 11) is 0. The average Bonchev–Trinajstić information content (AvgIpc) is 2.67. The number of unbranched alkanes of at least 4 members (excludes halogenated alkanes) is 5. The van der Waals surface area contributed by atoms with Crippen molar-refractivity contribution in [1.29, 1.82) is 0 Å². The standard InChI is InChI=1S/C12H22O2.2C4H6O2.C2H6O2/c1-4-5-6-7-8-9-10-14-12(13)11(2)3;2*1-3(2)4(5)6;3-1-2-4/h2,4-10H2,1,3H3;2*1H2,2H3,(H,5,6);3-4H,1-2H2. The van der Waals surface area contributed by atoms with E-state index in [4.69, 9.17) is 25.2 Å². The van der Waals surface area contributed by atoms with Crippen LogP contribution >= 0.6 is 0 Å². The Morgan fingerprint density at radius 2 is 1.03 bits per heavy atom. The van der Waals surface area contributed by atoms with Gasteiger partial charge in [-0.05, 0) is 27.2 Å². The van der Waals surface area contributed by atoms with Crippen LogP contribution in [0.5, 0.6) is 0 Å². The van der Waals surface area contributed by atoms with Gasteiger partial charge >= 0.3 is 17.9 Å². The number of hydrogen-bond donors (Lipinski definition) is 4. The van der Waals surface area contributed by atoms with Crippen LogP contribution in [-0.4, -0.2) is 58.2 Å². The van der Waals surface area contributed by atoms with E-state index in [1.165, 1.54) is 39.5 Å². The first-order valence-electron chi connectivity index (χ1n) is 9.70. The van der Waals surface area contributed by atoms with Gasteiger partial charge in [0, 0.05) is 16.7 Å². The quantitative estimate of drug-likeness (QED) is 0.220. The van der Waals surface area contributed by atoms with Crippen LogP contribution < -0.4 is 0 Å². The van der Waals surface area contributed by atoms with Gasteiger partial charge in [-0.3, -0.25) is 0 Å². The number of carboxylic acids is 2. The third-order valence-corrected chi connectivity index (χ3v) is 2.91. The minimum Gasteiger partial charge on any atom is -0.478 e. The molecule has 0 aliphatic heterocycles. The molecule has 176 valence electrons. The van der Waals surface area contributed by atoms with Crippen molar-refractivity contribution in [3.05, 3.63) is 36.5 Å². The lowest BCUT2D eigenvalue weighted by molar-refractivity contribution is -0.139. The maximum absolute atomic E-state index is 11.0. The molecule has 0 radical (unpaired) electrons.